The van der Waals surface area contributed by atoms with Crippen LogP contribution in [-0.4, -0.2) is 5.78 Å². The molecule has 0 amide bonds. The third-order valence-corrected chi connectivity index (χ3v) is 4.33. The fourth-order valence-electron chi connectivity index (χ4n) is 2.27. The summed E-state index contributed by atoms with van der Waals surface area (Å²) in [4.78, 5) is 12.0. The smallest absolute Gasteiger partial charge is 0.164 e. The zero-order valence-corrected chi connectivity index (χ0v) is 13.8. The van der Waals surface area contributed by atoms with E-state index in [9.17, 15) is 4.79 Å². The van der Waals surface area contributed by atoms with E-state index in [1.807, 2.05) is 0 Å². The number of benzene rings is 1. The number of unbranched alkanes of at least 4 members (excludes halogenated alkanes) is 7. The van der Waals surface area contributed by atoms with E-state index in [0.29, 0.717) is 22.0 Å². The predicted octanol–water partition coefficient (Wildman–Crippen LogP) is 6.71. The summed E-state index contributed by atoms with van der Waals surface area (Å²) < 4.78 is 0. The molecule has 20 heavy (non-hydrogen) atoms. The molecule has 1 rings (SSSR count). The van der Waals surface area contributed by atoms with E-state index >= 15 is 0 Å². The largest absolute Gasteiger partial charge is 0.294 e. The van der Waals surface area contributed by atoms with Crippen LogP contribution in [0.3, 0.4) is 0 Å². The van der Waals surface area contributed by atoms with Gasteiger partial charge in [0.15, 0.2) is 5.78 Å². The molecule has 0 heterocycles. The van der Waals surface area contributed by atoms with Gasteiger partial charge in [-0.2, -0.15) is 0 Å². The molecule has 3 heteroatoms. The van der Waals surface area contributed by atoms with Crippen LogP contribution in [0.4, 0.5) is 0 Å². The minimum Gasteiger partial charge on any atom is -0.294 e. The number of hydrogen-bond acceptors (Lipinski definition) is 1. The molecule has 0 aliphatic carbocycles. The first-order valence-corrected chi connectivity index (χ1v) is 8.39. The van der Waals surface area contributed by atoms with Crippen LogP contribution in [0.2, 0.25) is 10.0 Å². The van der Waals surface area contributed by atoms with Crippen molar-refractivity contribution in [3.8, 4) is 0 Å². The second-order valence-electron chi connectivity index (χ2n) is 5.25. The third-order valence-electron chi connectivity index (χ3n) is 3.51. The molecule has 112 valence electrons. The van der Waals surface area contributed by atoms with Gasteiger partial charge in [-0.3, -0.25) is 4.79 Å². The highest BCUT2D eigenvalue weighted by Gasteiger charge is 2.11. The highest BCUT2D eigenvalue weighted by atomic mass is 35.5. The lowest BCUT2D eigenvalue weighted by molar-refractivity contribution is 0.0979. The van der Waals surface area contributed by atoms with Gasteiger partial charge < -0.3 is 0 Å². The number of Topliss-reactive ketones (excluding diaryl/α,β-unsaturated/α-hetero) is 1. The maximum absolute atomic E-state index is 12.0. The van der Waals surface area contributed by atoms with Gasteiger partial charge in [0.25, 0.3) is 0 Å². The van der Waals surface area contributed by atoms with Crippen LogP contribution in [0.25, 0.3) is 0 Å². The van der Waals surface area contributed by atoms with Gasteiger partial charge in [0, 0.05) is 12.0 Å². The maximum Gasteiger partial charge on any atom is 0.164 e. The molecule has 0 aliphatic heterocycles. The Labute approximate surface area is 132 Å². The van der Waals surface area contributed by atoms with Crippen molar-refractivity contribution in [2.45, 2.75) is 64.7 Å². The zero-order chi connectivity index (χ0) is 14.8. The van der Waals surface area contributed by atoms with Crippen molar-refractivity contribution in [2.24, 2.45) is 0 Å². The Kier molecular flexibility index (Phi) is 8.97. The van der Waals surface area contributed by atoms with Crippen LogP contribution < -0.4 is 0 Å². The Balaban J connectivity index is 2.19. The van der Waals surface area contributed by atoms with E-state index in [2.05, 4.69) is 6.92 Å². The van der Waals surface area contributed by atoms with Gasteiger partial charge >= 0.3 is 0 Å². The van der Waals surface area contributed by atoms with E-state index in [1.54, 1.807) is 18.2 Å². The zero-order valence-electron chi connectivity index (χ0n) is 12.3. The second kappa shape index (κ2) is 10.2. The molecule has 0 atom stereocenters. The van der Waals surface area contributed by atoms with Crippen LogP contribution in [0, 0.1) is 0 Å². The van der Waals surface area contributed by atoms with Gasteiger partial charge in [0.05, 0.1) is 10.0 Å². The van der Waals surface area contributed by atoms with E-state index in [-0.39, 0.29) is 5.78 Å². The molecule has 1 aromatic rings. The SMILES string of the molecule is CCCCCCCCCCC(=O)c1cccc(Cl)c1Cl. The number of carbonyl (C=O) groups is 1. The summed E-state index contributed by atoms with van der Waals surface area (Å²) >= 11 is 12.0. The first-order valence-electron chi connectivity index (χ1n) is 7.64. The van der Waals surface area contributed by atoms with Crippen LogP contribution in [0.1, 0.15) is 75.1 Å². The lowest BCUT2D eigenvalue weighted by Crippen LogP contribution is -2.00. The molecule has 1 aromatic carbocycles. The highest BCUT2D eigenvalue weighted by molar-refractivity contribution is 6.43. The average molecular weight is 315 g/mol. The Morgan fingerprint density at radius 3 is 2.20 bits per heavy atom. The molecular weight excluding hydrogens is 291 g/mol. The third kappa shape index (κ3) is 6.28. The van der Waals surface area contributed by atoms with Crippen molar-refractivity contribution in [2.75, 3.05) is 0 Å². The minimum absolute atomic E-state index is 0.100. The van der Waals surface area contributed by atoms with Crippen LogP contribution in [-0.2, 0) is 0 Å². The van der Waals surface area contributed by atoms with Gasteiger partial charge in [-0.05, 0) is 18.6 Å². The molecule has 0 N–H and O–H groups in total. The summed E-state index contributed by atoms with van der Waals surface area (Å²) in [7, 11) is 0. The predicted molar refractivity (Wildman–Crippen MR) is 88.0 cm³/mol. The van der Waals surface area contributed by atoms with Crippen molar-refractivity contribution in [1.29, 1.82) is 0 Å². The number of halogens is 2. The molecule has 0 radical (unpaired) electrons. The van der Waals surface area contributed by atoms with Crippen molar-refractivity contribution in [1.82, 2.24) is 0 Å². The summed E-state index contributed by atoms with van der Waals surface area (Å²) in [6, 6.07) is 5.23. The van der Waals surface area contributed by atoms with Crippen LogP contribution >= 0.6 is 23.2 Å². The Morgan fingerprint density at radius 1 is 0.950 bits per heavy atom. The minimum atomic E-state index is 0.100. The Morgan fingerprint density at radius 2 is 1.55 bits per heavy atom. The Bertz CT molecular complexity index is 415. The van der Waals surface area contributed by atoms with Gasteiger partial charge in [-0.1, -0.05) is 81.1 Å². The van der Waals surface area contributed by atoms with Crippen molar-refractivity contribution < 1.29 is 4.79 Å². The quantitative estimate of drug-likeness (QED) is 0.346. The molecule has 0 bridgehead atoms. The molecule has 0 saturated carbocycles. The fraction of sp³-hybridized carbons (Fsp3) is 0.588. The molecule has 0 saturated heterocycles. The molecular formula is C17H24Cl2O. The van der Waals surface area contributed by atoms with Gasteiger partial charge in [0.1, 0.15) is 0 Å². The molecule has 0 unspecified atom stereocenters. The van der Waals surface area contributed by atoms with Crippen molar-refractivity contribution >= 4 is 29.0 Å². The van der Waals surface area contributed by atoms with Gasteiger partial charge in [0.2, 0.25) is 0 Å². The summed E-state index contributed by atoms with van der Waals surface area (Å²) in [6.45, 7) is 2.23. The molecule has 1 nitrogen and oxygen atoms in total. The lowest BCUT2D eigenvalue weighted by atomic mass is 10.0. The normalized spacial score (nSPS) is 10.8. The van der Waals surface area contributed by atoms with Gasteiger partial charge in [-0.15, -0.1) is 0 Å². The van der Waals surface area contributed by atoms with E-state index < -0.39 is 0 Å². The number of rotatable bonds is 10. The Hall–Kier alpha value is -0.530. The van der Waals surface area contributed by atoms with Crippen molar-refractivity contribution in [3.63, 3.8) is 0 Å². The monoisotopic (exact) mass is 314 g/mol. The fourth-order valence-corrected chi connectivity index (χ4v) is 2.68. The van der Waals surface area contributed by atoms with Gasteiger partial charge in [-0.25, -0.2) is 0 Å². The van der Waals surface area contributed by atoms with Crippen LogP contribution in [0.5, 0.6) is 0 Å². The van der Waals surface area contributed by atoms with Crippen LogP contribution in [0.15, 0.2) is 18.2 Å². The average Bonchev–Trinajstić information content (AvgIpc) is 2.44. The summed E-state index contributed by atoms with van der Waals surface area (Å²) in [5.41, 5.74) is 0.558. The summed E-state index contributed by atoms with van der Waals surface area (Å²) in [5, 5.41) is 0.840. The van der Waals surface area contributed by atoms with Crippen molar-refractivity contribution in [3.05, 3.63) is 33.8 Å². The number of ketones is 1. The molecule has 0 aliphatic rings. The highest BCUT2D eigenvalue weighted by Crippen LogP contribution is 2.26. The first kappa shape index (κ1) is 17.5. The topological polar surface area (TPSA) is 17.1 Å². The maximum atomic E-state index is 12.0. The lowest BCUT2D eigenvalue weighted by Gasteiger charge is -2.05. The summed E-state index contributed by atoms with van der Waals surface area (Å²) in [6.07, 6.45) is 10.4. The molecule has 0 aromatic heterocycles. The standard InChI is InChI=1S/C17H24Cl2O/c1-2-3-4-5-6-7-8-9-13-16(20)14-11-10-12-15(18)17(14)19/h10-12H,2-9,13H2,1H3. The van der Waals surface area contributed by atoms with E-state index in [4.69, 9.17) is 23.2 Å². The molecule has 0 fully saturated rings. The number of hydrogen-bond donors (Lipinski definition) is 0. The van der Waals surface area contributed by atoms with E-state index in [1.165, 1.54) is 38.5 Å². The summed E-state index contributed by atoms with van der Waals surface area (Å²) in [5.74, 6) is 0.100. The molecule has 0 spiro atoms. The van der Waals surface area contributed by atoms with E-state index in [0.717, 1.165) is 12.8 Å². The first-order chi connectivity index (χ1) is 9.66. The second-order valence-corrected chi connectivity index (χ2v) is 6.03. The number of carbonyl (C=O) groups excluding carboxylic acids is 1.